The number of imidazole rings is 1. The first-order valence-electron chi connectivity index (χ1n) is 10.0. The number of nitrogens with zero attached hydrogens (tertiary/aromatic N) is 2. The quantitative estimate of drug-likeness (QED) is 0.582. The van der Waals surface area contributed by atoms with Gasteiger partial charge in [-0.25, -0.2) is 4.98 Å². The Hall–Kier alpha value is -2.09. The van der Waals surface area contributed by atoms with Gasteiger partial charge in [-0.05, 0) is 58.1 Å². The average molecular weight is 412 g/mol. The lowest BCUT2D eigenvalue weighted by atomic mass is 9.92. The summed E-state index contributed by atoms with van der Waals surface area (Å²) >= 11 is 0. The van der Waals surface area contributed by atoms with Crippen molar-refractivity contribution in [2.75, 3.05) is 0 Å². The number of para-hydroxylation sites is 1. The lowest BCUT2D eigenvalue weighted by Gasteiger charge is -2.29. The van der Waals surface area contributed by atoms with Crippen LogP contribution in [-0.2, 0) is 11.2 Å². The Morgan fingerprint density at radius 1 is 1.28 bits per heavy atom. The lowest BCUT2D eigenvalue weighted by Crippen LogP contribution is -2.23. The standard InChI is InChI=1S/C21H27F3N2O3/c1-20(2,28)13-15(27)9-3-4-12-18-25-16-10-6-11-17(29-21(22,23)24)19(16)26(18)14-7-5-8-14/h6,10-11,14,28H,3-5,7-9,12-13H2,1-2H3. The number of aromatic nitrogens is 2. The summed E-state index contributed by atoms with van der Waals surface area (Å²) in [4.78, 5) is 16.5. The number of hydrogen-bond donors (Lipinski definition) is 1. The van der Waals surface area contributed by atoms with Crippen LogP contribution in [0.15, 0.2) is 18.2 Å². The van der Waals surface area contributed by atoms with Gasteiger partial charge in [-0.15, -0.1) is 13.2 Å². The van der Waals surface area contributed by atoms with Gasteiger partial charge < -0.3 is 14.4 Å². The summed E-state index contributed by atoms with van der Waals surface area (Å²) in [5.74, 6) is 0.518. The number of fused-ring (bicyclic) bond motifs is 1. The molecule has 0 radical (unpaired) electrons. The minimum absolute atomic E-state index is 0.00543. The summed E-state index contributed by atoms with van der Waals surface area (Å²) in [6.07, 6.45) is 0.499. The predicted octanol–water partition coefficient (Wildman–Crippen LogP) is 5.10. The summed E-state index contributed by atoms with van der Waals surface area (Å²) < 4.78 is 44.7. The van der Waals surface area contributed by atoms with Crippen LogP contribution in [0.5, 0.6) is 5.75 Å². The van der Waals surface area contributed by atoms with Crippen molar-refractivity contribution in [3.05, 3.63) is 24.0 Å². The zero-order chi connectivity index (χ0) is 21.2. The molecule has 1 aliphatic rings. The van der Waals surface area contributed by atoms with E-state index >= 15 is 0 Å². The third-order valence-electron chi connectivity index (χ3n) is 5.15. The molecule has 29 heavy (non-hydrogen) atoms. The highest BCUT2D eigenvalue weighted by Crippen LogP contribution is 2.40. The van der Waals surface area contributed by atoms with Gasteiger partial charge >= 0.3 is 6.36 Å². The van der Waals surface area contributed by atoms with Crippen LogP contribution in [0.3, 0.4) is 0 Å². The molecule has 0 unspecified atom stereocenters. The molecule has 0 atom stereocenters. The number of unbranched alkanes of at least 4 members (excludes halogenated alkanes) is 1. The number of benzene rings is 1. The van der Waals surface area contributed by atoms with Crippen LogP contribution in [0, 0.1) is 0 Å². The first-order valence-corrected chi connectivity index (χ1v) is 10.0. The van der Waals surface area contributed by atoms with Crippen LogP contribution in [0.1, 0.15) is 70.7 Å². The van der Waals surface area contributed by atoms with Gasteiger partial charge in [0.05, 0.1) is 11.1 Å². The van der Waals surface area contributed by atoms with E-state index in [0.717, 1.165) is 25.1 Å². The van der Waals surface area contributed by atoms with Crippen LogP contribution in [0.25, 0.3) is 11.0 Å². The summed E-state index contributed by atoms with van der Waals surface area (Å²) in [5.41, 5.74) is -0.126. The number of Topliss-reactive ketones (excluding diaryl/α,β-unsaturated/α-hetero) is 1. The van der Waals surface area contributed by atoms with E-state index in [2.05, 4.69) is 9.72 Å². The zero-order valence-electron chi connectivity index (χ0n) is 16.8. The van der Waals surface area contributed by atoms with Crippen LogP contribution >= 0.6 is 0 Å². The molecule has 0 spiro atoms. The Morgan fingerprint density at radius 3 is 2.59 bits per heavy atom. The molecule has 1 N–H and O–H groups in total. The van der Waals surface area contributed by atoms with E-state index in [1.54, 1.807) is 19.9 Å². The number of carbonyl (C=O) groups excluding carboxylic acids is 1. The molecule has 1 aromatic carbocycles. The van der Waals surface area contributed by atoms with Gasteiger partial charge in [-0.3, -0.25) is 4.79 Å². The van der Waals surface area contributed by atoms with Gasteiger partial charge in [0.1, 0.15) is 17.1 Å². The van der Waals surface area contributed by atoms with Crippen molar-refractivity contribution in [2.45, 2.75) is 83.2 Å². The Kier molecular flexibility index (Phi) is 6.22. The van der Waals surface area contributed by atoms with E-state index in [1.807, 2.05) is 4.57 Å². The second-order valence-electron chi connectivity index (χ2n) is 8.39. The molecule has 0 aliphatic heterocycles. The Labute approximate surface area is 167 Å². The number of aliphatic hydroxyl groups is 1. The smallest absolute Gasteiger partial charge is 0.403 e. The topological polar surface area (TPSA) is 64.3 Å². The first-order chi connectivity index (χ1) is 13.5. The molecule has 1 fully saturated rings. The van der Waals surface area contributed by atoms with Crippen molar-refractivity contribution >= 4 is 16.8 Å². The highest BCUT2D eigenvalue weighted by atomic mass is 19.4. The van der Waals surface area contributed by atoms with Crippen molar-refractivity contribution in [2.24, 2.45) is 0 Å². The summed E-state index contributed by atoms with van der Waals surface area (Å²) in [6.45, 7) is 3.21. The molecule has 160 valence electrons. The normalized spacial score (nSPS) is 15.5. The van der Waals surface area contributed by atoms with E-state index in [4.69, 9.17) is 0 Å². The fraction of sp³-hybridized carbons (Fsp3) is 0.619. The van der Waals surface area contributed by atoms with Crippen LogP contribution in [0.4, 0.5) is 13.2 Å². The maximum Gasteiger partial charge on any atom is 0.573 e. The monoisotopic (exact) mass is 412 g/mol. The van der Waals surface area contributed by atoms with Gasteiger partial charge in [0.25, 0.3) is 0 Å². The number of ether oxygens (including phenoxy) is 1. The summed E-state index contributed by atoms with van der Waals surface area (Å²) in [5, 5.41) is 9.71. The van der Waals surface area contributed by atoms with Gasteiger partial charge in [-0.2, -0.15) is 0 Å². The van der Waals surface area contributed by atoms with Crippen LogP contribution < -0.4 is 4.74 Å². The molecule has 1 aromatic heterocycles. The third kappa shape index (κ3) is 5.72. The number of aryl methyl sites for hydroxylation is 1. The van der Waals surface area contributed by atoms with Gasteiger partial charge in [0, 0.05) is 25.3 Å². The number of alkyl halides is 3. The summed E-state index contributed by atoms with van der Waals surface area (Å²) in [6, 6.07) is 4.67. The number of carbonyl (C=O) groups is 1. The first kappa shape index (κ1) is 21.6. The molecule has 1 aliphatic carbocycles. The Morgan fingerprint density at radius 2 is 2.00 bits per heavy atom. The zero-order valence-corrected chi connectivity index (χ0v) is 16.8. The molecule has 5 nitrogen and oxygen atoms in total. The molecule has 1 saturated carbocycles. The van der Waals surface area contributed by atoms with Gasteiger partial charge in [0.2, 0.25) is 0 Å². The molecule has 3 rings (SSSR count). The number of rotatable bonds is 9. The fourth-order valence-electron chi connectivity index (χ4n) is 3.76. The minimum Gasteiger partial charge on any atom is -0.403 e. The highest BCUT2D eigenvalue weighted by molar-refractivity contribution is 5.83. The fourth-order valence-corrected chi connectivity index (χ4v) is 3.76. The molecule has 0 saturated heterocycles. The maximum absolute atomic E-state index is 12.8. The molecule has 0 bridgehead atoms. The number of hydrogen-bond acceptors (Lipinski definition) is 4. The van der Waals surface area contributed by atoms with Crippen molar-refractivity contribution in [3.8, 4) is 5.75 Å². The maximum atomic E-state index is 12.8. The molecule has 2 aromatic rings. The van der Waals surface area contributed by atoms with E-state index < -0.39 is 12.0 Å². The third-order valence-corrected chi connectivity index (χ3v) is 5.15. The Balaban J connectivity index is 1.76. The molecule has 8 heteroatoms. The predicted molar refractivity (Wildman–Crippen MR) is 103 cm³/mol. The summed E-state index contributed by atoms with van der Waals surface area (Å²) in [7, 11) is 0. The van der Waals surface area contributed by atoms with Crippen LogP contribution in [0.2, 0.25) is 0 Å². The van der Waals surface area contributed by atoms with Crippen molar-refractivity contribution in [1.29, 1.82) is 0 Å². The second kappa shape index (κ2) is 8.34. The van der Waals surface area contributed by atoms with Crippen molar-refractivity contribution < 1.29 is 27.8 Å². The van der Waals surface area contributed by atoms with Crippen molar-refractivity contribution in [1.82, 2.24) is 9.55 Å². The largest absolute Gasteiger partial charge is 0.573 e. The minimum atomic E-state index is -4.76. The van der Waals surface area contributed by atoms with E-state index in [9.17, 15) is 23.1 Å². The number of halogens is 3. The second-order valence-corrected chi connectivity index (χ2v) is 8.39. The molecule has 0 amide bonds. The van der Waals surface area contributed by atoms with Gasteiger partial charge in [0.15, 0.2) is 5.75 Å². The highest BCUT2D eigenvalue weighted by Gasteiger charge is 2.34. The molecule has 1 heterocycles. The van der Waals surface area contributed by atoms with Crippen molar-refractivity contribution in [3.63, 3.8) is 0 Å². The van der Waals surface area contributed by atoms with E-state index in [1.165, 1.54) is 12.1 Å². The lowest BCUT2D eigenvalue weighted by molar-refractivity contribution is -0.274. The van der Waals surface area contributed by atoms with E-state index in [-0.39, 0.29) is 24.0 Å². The molecular formula is C21H27F3N2O3. The SMILES string of the molecule is CC(C)(O)CC(=O)CCCCc1nc2cccc(OC(F)(F)F)c2n1C1CCC1. The molecular weight excluding hydrogens is 385 g/mol. The van der Waals surface area contributed by atoms with Gasteiger partial charge in [-0.1, -0.05) is 6.07 Å². The Bertz CT molecular complexity index is 864. The van der Waals surface area contributed by atoms with E-state index in [0.29, 0.717) is 36.7 Å². The number of ketones is 1. The van der Waals surface area contributed by atoms with Crippen LogP contribution in [-0.4, -0.2) is 32.4 Å². The average Bonchev–Trinajstić information content (AvgIpc) is 2.86.